The van der Waals surface area contributed by atoms with E-state index in [-0.39, 0.29) is 0 Å². The highest BCUT2D eigenvalue weighted by atomic mass is 15.0. The molecule has 0 spiro atoms. The minimum atomic E-state index is 0.966. The Morgan fingerprint density at radius 2 is 1.23 bits per heavy atom. The first-order chi connectivity index (χ1) is 19.8. The van der Waals surface area contributed by atoms with E-state index in [1.165, 1.54) is 32.6 Å². The van der Waals surface area contributed by atoms with Crippen LogP contribution in [0.4, 0.5) is 0 Å². The maximum atomic E-state index is 5.09. The lowest BCUT2D eigenvalue weighted by Crippen LogP contribution is -1.96. The first kappa shape index (κ1) is 21.5. The van der Waals surface area contributed by atoms with E-state index in [2.05, 4.69) is 129 Å². The van der Waals surface area contributed by atoms with Crippen molar-refractivity contribution in [1.82, 2.24) is 18.9 Å². The van der Waals surface area contributed by atoms with Gasteiger partial charge in [-0.2, -0.15) is 0 Å². The second-order valence-corrected chi connectivity index (χ2v) is 10.3. The van der Waals surface area contributed by atoms with E-state index in [1.54, 1.807) is 0 Å². The molecule has 40 heavy (non-hydrogen) atoms. The third-order valence-corrected chi connectivity index (χ3v) is 8.11. The number of nitrogens with zero attached hydrogens (tertiary/aromatic N) is 4. The van der Waals surface area contributed by atoms with Gasteiger partial charge >= 0.3 is 0 Å². The van der Waals surface area contributed by atoms with Crippen LogP contribution in [0.5, 0.6) is 0 Å². The maximum Gasteiger partial charge on any atom is 0.146 e. The molecule has 4 heteroatoms. The molecule has 9 aromatic rings. The van der Waals surface area contributed by atoms with E-state index in [4.69, 9.17) is 4.98 Å². The van der Waals surface area contributed by atoms with Gasteiger partial charge in [0, 0.05) is 39.0 Å². The number of hydrogen-bond donors (Lipinski definition) is 0. The Bertz CT molecular complexity index is 2430. The number of benzene rings is 5. The molecule has 0 amide bonds. The van der Waals surface area contributed by atoms with Gasteiger partial charge in [-0.1, -0.05) is 72.8 Å². The van der Waals surface area contributed by atoms with Crippen molar-refractivity contribution in [2.45, 2.75) is 0 Å². The second-order valence-electron chi connectivity index (χ2n) is 10.3. The summed E-state index contributed by atoms with van der Waals surface area (Å²) in [5.41, 5.74) is 9.79. The average molecular weight is 511 g/mol. The van der Waals surface area contributed by atoms with E-state index < -0.39 is 0 Å². The van der Waals surface area contributed by atoms with Gasteiger partial charge in [0.05, 0.1) is 33.3 Å². The molecule has 0 aliphatic carbocycles. The van der Waals surface area contributed by atoms with E-state index in [9.17, 15) is 0 Å². The fourth-order valence-electron chi connectivity index (χ4n) is 6.38. The van der Waals surface area contributed by atoms with Crippen molar-refractivity contribution in [2.75, 3.05) is 0 Å². The van der Waals surface area contributed by atoms with Crippen LogP contribution in [-0.2, 0) is 0 Å². The normalized spacial score (nSPS) is 12.0. The molecule has 0 radical (unpaired) electrons. The van der Waals surface area contributed by atoms with E-state index in [0.29, 0.717) is 0 Å². The molecule has 0 aliphatic heterocycles. The van der Waals surface area contributed by atoms with Gasteiger partial charge in [-0.05, 0) is 60.0 Å². The van der Waals surface area contributed by atoms with Gasteiger partial charge in [0.15, 0.2) is 0 Å². The van der Waals surface area contributed by atoms with Crippen molar-refractivity contribution < 1.29 is 0 Å². The fraction of sp³-hybridized carbons (Fsp3) is 0. The molecule has 0 saturated carbocycles. The van der Waals surface area contributed by atoms with Crippen LogP contribution in [0.15, 0.2) is 134 Å². The van der Waals surface area contributed by atoms with E-state index in [1.807, 2.05) is 18.3 Å². The summed E-state index contributed by atoms with van der Waals surface area (Å²) in [7, 11) is 0. The van der Waals surface area contributed by atoms with Crippen molar-refractivity contribution in [1.29, 1.82) is 0 Å². The molecule has 9 rings (SSSR count). The summed E-state index contributed by atoms with van der Waals surface area (Å²) < 4.78 is 4.72. The Labute approximate surface area is 229 Å². The van der Waals surface area contributed by atoms with Gasteiger partial charge in [-0.25, -0.2) is 4.98 Å². The fourth-order valence-corrected chi connectivity index (χ4v) is 6.38. The quantitative estimate of drug-likeness (QED) is 0.218. The molecule has 5 aromatic carbocycles. The van der Waals surface area contributed by atoms with Crippen LogP contribution in [0, 0.1) is 0 Å². The summed E-state index contributed by atoms with van der Waals surface area (Å²) in [5.74, 6) is 0. The van der Waals surface area contributed by atoms with Crippen molar-refractivity contribution in [3.63, 3.8) is 0 Å². The number of hydrogen-bond acceptors (Lipinski definition) is 2. The number of imidazole rings is 1. The van der Waals surface area contributed by atoms with Gasteiger partial charge in [-0.3, -0.25) is 9.38 Å². The van der Waals surface area contributed by atoms with Crippen LogP contribution in [0.1, 0.15) is 0 Å². The zero-order valence-electron chi connectivity index (χ0n) is 21.5. The average Bonchev–Trinajstić information content (AvgIpc) is 3.57. The van der Waals surface area contributed by atoms with Crippen LogP contribution in [0.25, 0.3) is 77.1 Å². The Kier molecular flexibility index (Phi) is 4.30. The van der Waals surface area contributed by atoms with Gasteiger partial charge in [-0.15, -0.1) is 0 Å². The van der Waals surface area contributed by atoms with Crippen LogP contribution in [-0.4, -0.2) is 18.9 Å². The number of aromatic nitrogens is 4. The van der Waals surface area contributed by atoms with E-state index in [0.717, 1.165) is 44.5 Å². The summed E-state index contributed by atoms with van der Waals surface area (Å²) in [5, 5.41) is 6.08. The SMILES string of the molecule is c1ccc(-c2cccc(-n3c4ccccc4c4cc5c6ccccc6c6nc7ccccc7n6c5cc43)c2)nc1. The Balaban J connectivity index is 1.47. The minimum absolute atomic E-state index is 0.966. The van der Waals surface area contributed by atoms with Crippen molar-refractivity contribution in [2.24, 2.45) is 0 Å². The molecule has 0 unspecified atom stereocenters. The molecule has 4 aromatic heterocycles. The lowest BCUT2D eigenvalue weighted by atomic mass is 10.0. The van der Waals surface area contributed by atoms with Gasteiger partial charge in [0.1, 0.15) is 5.65 Å². The maximum absolute atomic E-state index is 5.09. The first-order valence-electron chi connectivity index (χ1n) is 13.5. The molecular formula is C36H22N4. The zero-order chi connectivity index (χ0) is 26.2. The first-order valence-corrected chi connectivity index (χ1v) is 13.5. The third-order valence-electron chi connectivity index (χ3n) is 8.11. The lowest BCUT2D eigenvalue weighted by Gasteiger charge is -2.12. The summed E-state index contributed by atoms with van der Waals surface area (Å²) in [4.78, 5) is 9.69. The minimum Gasteiger partial charge on any atom is -0.309 e. The summed E-state index contributed by atoms with van der Waals surface area (Å²) in [6.45, 7) is 0. The number of pyridine rings is 2. The highest BCUT2D eigenvalue weighted by Crippen LogP contribution is 2.39. The van der Waals surface area contributed by atoms with Crippen LogP contribution < -0.4 is 0 Å². The molecular weight excluding hydrogens is 488 g/mol. The Morgan fingerprint density at radius 1 is 0.475 bits per heavy atom. The smallest absolute Gasteiger partial charge is 0.146 e. The van der Waals surface area contributed by atoms with Crippen molar-refractivity contribution in [3.8, 4) is 16.9 Å². The molecule has 4 heterocycles. The van der Waals surface area contributed by atoms with Crippen molar-refractivity contribution >= 4 is 60.2 Å². The molecule has 186 valence electrons. The highest BCUT2D eigenvalue weighted by Gasteiger charge is 2.18. The molecule has 4 nitrogen and oxygen atoms in total. The number of rotatable bonds is 2. The summed E-state index contributed by atoms with van der Waals surface area (Å²) in [6.07, 6.45) is 1.85. The summed E-state index contributed by atoms with van der Waals surface area (Å²) in [6, 6.07) is 45.2. The molecule has 0 fully saturated rings. The van der Waals surface area contributed by atoms with Gasteiger partial charge < -0.3 is 4.57 Å². The van der Waals surface area contributed by atoms with Gasteiger partial charge in [0.25, 0.3) is 0 Å². The monoisotopic (exact) mass is 510 g/mol. The van der Waals surface area contributed by atoms with Crippen LogP contribution in [0.3, 0.4) is 0 Å². The van der Waals surface area contributed by atoms with Crippen LogP contribution in [0.2, 0.25) is 0 Å². The third kappa shape index (κ3) is 2.90. The lowest BCUT2D eigenvalue weighted by molar-refractivity contribution is 1.18. The number of fused-ring (bicyclic) bond motifs is 11. The number of para-hydroxylation sites is 3. The Morgan fingerprint density at radius 3 is 2.10 bits per heavy atom. The molecule has 0 N–H and O–H groups in total. The Hall–Kier alpha value is -5.48. The molecule has 0 atom stereocenters. The van der Waals surface area contributed by atoms with E-state index >= 15 is 0 Å². The second kappa shape index (κ2) is 8.01. The topological polar surface area (TPSA) is 35.1 Å². The van der Waals surface area contributed by atoms with Crippen molar-refractivity contribution in [3.05, 3.63) is 134 Å². The largest absolute Gasteiger partial charge is 0.309 e. The standard InChI is InChI=1S/C36H22N4/c1-2-14-27-25(12-1)28-21-29-26-13-3-5-17-32(26)39(24-11-9-10-23(20-24)30-15-7-8-19-37-30)34(29)22-35(28)40-33-18-6-4-16-31(33)38-36(27)40/h1-22H. The predicted octanol–water partition coefficient (Wildman–Crippen LogP) is 8.95. The molecule has 0 bridgehead atoms. The zero-order valence-corrected chi connectivity index (χ0v) is 21.5. The van der Waals surface area contributed by atoms with Gasteiger partial charge in [0.2, 0.25) is 0 Å². The summed E-state index contributed by atoms with van der Waals surface area (Å²) >= 11 is 0. The molecule has 0 saturated heterocycles. The van der Waals surface area contributed by atoms with Crippen LogP contribution >= 0.6 is 0 Å². The molecule has 0 aliphatic rings. The predicted molar refractivity (Wildman–Crippen MR) is 165 cm³/mol. The highest BCUT2D eigenvalue weighted by molar-refractivity contribution is 6.20.